The standard InChI is InChI=1S/C13H27NO/c1-9(2)13(12-5-6-12)14-8-10(3)7-11(4)15/h9-15H,5-8H2,1-4H3. The molecule has 3 unspecified atom stereocenters. The molecule has 1 rings (SSSR count). The van der Waals surface area contributed by atoms with E-state index in [1.54, 1.807) is 0 Å². The van der Waals surface area contributed by atoms with Crippen LogP contribution in [-0.4, -0.2) is 23.8 Å². The van der Waals surface area contributed by atoms with E-state index in [1.807, 2.05) is 6.92 Å². The fraction of sp³-hybridized carbons (Fsp3) is 1.00. The average molecular weight is 213 g/mol. The summed E-state index contributed by atoms with van der Waals surface area (Å²) in [4.78, 5) is 0. The molecule has 0 spiro atoms. The van der Waals surface area contributed by atoms with Gasteiger partial charge in [0.25, 0.3) is 0 Å². The summed E-state index contributed by atoms with van der Waals surface area (Å²) in [6.07, 6.45) is 3.55. The Morgan fingerprint density at radius 1 is 1.20 bits per heavy atom. The first kappa shape index (κ1) is 13.0. The van der Waals surface area contributed by atoms with Gasteiger partial charge in [0.05, 0.1) is 6.10 Å². The van der Waals surface area contributed by atoms with Crippen molar-refractivity contribution in [2.24, 2.45) is 17.8 Å². The van der Waals surface area contributed by atoms with E-state index in [-0.39, 0.29) is 6.10 Å². The maximum atomic E-state index is 9.29. The number of hydrogen-bond acceptors (Lipinski definition) is 2. The third-order valence-corrected chi connectivity index (χ3v) is 3.29. The summed E-state index contributed by atoms with van der Waals surface area (Å²) in [5.74, 6) is 2.23. The molecule has 1 fully saturated rings. The van der Waals surface area contributed by atoms with Crippen LogP contribution in [0.3, 0.4) is 0 Å². The van der Waals surface area contributed by atoms with Crippen molar-refractivity contribution in [3.63, 3.8) is 0 Å². The van der Waals surface area contributed by atoms with E-state index in [9.17, 15) is 5.11 Å². The third-order valence-electron chi connectivity index (χ3n) is 3.29. The van der Waals surface area contributed by atoms with Crippen LogP contribution >= 0.6 is 0 Å². The number of aliphatic hydroxyl groups is 1. The van der Waals surface area contributed by atoms with Gasteiger partial charge in [0.2, 0.25) is 0 Å². The molecular formula is C13H27NO. The maximum Gasteiger partial charge on any atom is 0.0515 e. The molecule has 15 heavy (non-hydrogen) atoms. The van der Waals surface area contributed by atoms with Gasteiger partial charge in [-0.3, -0.25) is 0 Å². The predicted molar refractivity (Wildman–Crippen MR) is 64.8 cm³/mol. The lowest BCUT2D eigenvalue weighted by molar-refractivity contribution is 0.161. The first-order valence-corrected chi connectivity index (χ1v) is 6.42. The van der Waals surface area contributed by atoms with Crippen molar-refractivity contribution in [2.45, 2.75) is 59.1 Å². The molecule has 0 aromatic heterocycles. The normalized spacial score (nSPS) is 22.8. The van der Waals surface area contributed by atoms with Crippen molar-refractivity contribution in [3.8, 4) is 0 Å². The fourth-order valence-corrected chi connectivity index (χ4v) is 2.40. The van der Waals surface area contributed by atoms with E-state index in [0.29, 0.717) is 12.0 Å². The lowest BCUT2D eigenvalue weighted by Crippen LogP contribution is -2.38. The van der Waals surface area contributed by atoms with E-state index in [4.69, 9.17) is 0 Å². The highest BCUT2D eigenvalue weighted by atomic mass is 16.3. The highest BCUT2D eigenvalue weighted by Gasteiger charge is 2.32. The molecule has 0 heterocycles. The van der Waals surface area contributed by atoms with E-state index in [1.165, 1.54) is 12.8 Å². The summed E-state index contributed by atoms with van der Waals surface area (Å²) >= 11 is 0. The largest absolute Gasteiger partial charge is 0.393 e. The molecule has 3 atom stereocenters. The summed E-state index contributed by atoms with van der Waals surface area (Å²) in [7, 11) is 0. The second kappa shape index (κ2) is 5.86. The molecule has 0 radical (unpaired) electrons. The van der Waals surface area contributed by atoms with Crippen LogP contribution in [0.1, 0.15) is 47.0 Å². The molecule has 0 bridgehead atoms. The van der Waals surface area contributed by atoms with Crippen LogP contribution < -0.4 is 5.32 Å². The lowest BCUT2D eigenvalue weighted by Gasteiger charge is -2.24. The van der Waals surface area contributed by atoms with Gasteiger partial charge < -0.3 is 10.4 Å². The second-order valence-electron chi connectivity index (χ2n) is 5.71. The molecule has 0 saturated heterocycles. The molecule has 0 aliphatic heterocycles. The Labute approximate surface area is 94.5 Å². The fourth-order valence-electron chi connectivity index (χ4n) is 2.40. The minimum atomic E-state index is -0.166. The van der Waals surface area contributed by atoms with Gasteiger partial charge in [-0.1, -0.05) is 20.8 Å². The highest BCUT2D eigenvalue weighted by molar-refractivity contribution is 4.88. The highest BCUT2D eigenvalue weighted by Crippen LogP contribution is 2.35. The van der Waals surface area contributed by atoms with E-state index in [2.05, 4.69) is 26.1 Å². The van der Waals surface area contributed by atoms with Crippen molar-refractivity contribution in [1.82, 2.24) is 5.32 Å². The van der Waals surface area contributed by atoms with Crippen LogP contribution in [0.5, 0.6) is 0 Å². The lowest BCUT2D eigenvalue weighted by atomic mass is 9.97. The first-order chi connectivity index (χ1) is 7.00. The molecule has 2 N–H and O–H groups in total. The summed E-state index contributed by atoms with van der Waals surface area (Å²) in [6.45, 7) is 9.73. The van der Waals surface area contributed by atoms with Crippen molar-refractivity contribution in [1.29, 1.82) is 0 Å². The number of nitrogens with one attached hydrogen (secondary N) is 1. The maximum absolute atomic E-state index is 9.29. The van der Waals surface area contributed by atoms with Crippen LogP contribution in [0.25, 0.3) is 0 Å². The van der Waals surface area contributed by atoms with Crippen LogP contribution in [0, 0.1) is 17.8 Å². The quantitative estimate of drug-likeness (QED) is 0.681. The monoisotopic (exact) mass is 213 g/mol. The Morgan fingerprint density at radius 3 is 2.20 bits per heavy atom. The van der Waals surface area contributed by atoms with Crippen molar-refractivity contribution < 1.29 is 5.11 Å². The van der Waals surface area contributed by atoms with Gasteiger partial charge in [-0.15, -0.1) is 0 Å². The molecule has 90 valence electrons. The molecular weight excluding hydrogens is 186 g/mol. The Morgan fingerprint density at radius 2 is 1.80 bits per heavy atom. The molecule has 2 heteroatoms. The van der Waals surface area contributed by atoms with Crippen molar-refractivity contribution in [3.05, 3.63) is 0 Å². The van der Waals surface area contributed by atoms with Crippen LogP contribution in [0.4, 0.5) is 0 Å². The zero-order chi connectivity index (χ0) is 11.4. The third kappa shape index (κ3) is 4.98. The number of hydrogen-bond donors (Lipinski definition) is 2. The Bertz CT molecular complexity index is 173. The molecule has 1 aliphatic rings. The minimum Gasteiger partial charge on any atom is -0.393 e. The van der Waals surface area contributed by atoms with Crippen molar-refractivity contribution in [2.75, 3.05) is 6.54 Å². The van der Waals surface area contributed by atoms with Gasteiger partial charge in [-0.05, 0) is 50.5 Å². The Hall–Kier alpha value is -0.0800. The molecule has 1 aliphatic carbocycles. The van der Waals surface area contributed by atoms with E-state index >= 15 is 0 Å². The van der Waals surface area contributed by atoms with Gasteiger partial charge in [-0.2, -0.15) is 0 Å². The predicted octanol–water partition coefficient (Wildman–Crippen LogP) is 2.42. The Balaban J connectivity index is 2.21. The van der Waals surface area contributed by atoms with E-state index in [0.717, 1.165) is 24.8 Å². The van der Waals surface area contributed by atoms with Gasteiger partial charge in [0, 0.05) is 6.04 Å². The van der Waals surface area contributed by atoms with Gasteiger partial charge in [0.1, 0.15) is 0 Å². The van der Waals surface area contributed by atoms with Crippen LogP contribution in [0.2, 0.25) is 0 Å². The summed E-state index contributed by atoms with van der Waals surface area (Å²) in [5, 5.41) is 13.0. The smallest absolute Gasteiger partial charge is 0.0515 e. The molecule has 0 aromatic carbocycles. The topological polar surface area (TPSA) is 32.3 Å². The Kier molecular flexibility index (Phi) is 5.07. The van der Waals surface area contributed by atoms with E-state index < -0.39 is 0 Å². The van der Waals surface area contributed by atoms with Crippen LogP contribution in [0.15, 0.2) is 0 Å². The zero-order valence-electron chi connectivity index (χ0n) is 10.7. The minimum absolute atomic E-state index is 0.166. The first-order valence-electron chi connectivity index (χ1n) is 6.42. The van der Waals surface area contributed by atoms with Gasteiger partial charge >= 0.3 is 0 Å². The SMILES string of the molecule is CC(O)CC(C)CNC(C(C)C)C1CC1. The average Bonchev–Trinajstić information content (AvgIpc) is 2.86. The summed E-state index contributed by atoms with van der Waals surface area (Å²) in [6, 6.07) is 0.696. The summed E-state index contributed by atoms with van der Waals surface area (Å²) in [5.41, 5.74) is 0. The molecule has 1 saturated carbocycles. The number of aliphatic hydroxyl groups excluding tert-OH is 1. The van der Waals surface area contributed by atoms with Gasteiger partial charge in [-0.25, -0.2) is 0 Å². The second-order valence-corrected chi connectivity index (χ2v) is 5.71. The van der Waals surface area contributed by atoms with Crippen molar-refractivity contribution >= 4 is 0 Å². The summed E-state index contributed by atoms with van der Waals surface area (Å²) < 4.78 is 0. The van der Waals surface area contributed by atoms with Crippen LogP contribution in [-0.2, 0) is 0 Å². The molecule has 2 nitrogen and oxygen atoms in total. The molecule has 0 aromatic rings. The zero-order valence-corrected chi connectivity index (χ0v) is 10.7. The number of rotatable bonds is 7. The van der Waals surface area contributed by atoms with Gasteiger partial charge in [0.15, 0.2) is 0 Å². The molecule has 0 amide bonds.